The molecule has 4 heteroatoms. The second-order valence-corrected chi connectivity index (χ2v) is 5.42. The van der Waals surface area contributed by atoms with Gasteiger partial charge in [-0.2, -0.15) is 0 Å². The van der Waals surface area contributed by atoms with Gasteiger partial charge in [0.05, 0.1) is 6.10 Å². The summed E-state index contributed by atoms with van der Waals surface area (Å²) >= 11 is 6.10. The molecular formula is C15H21ClFNO. The molecule has 0 bridgehead atoms. The van der Waals surface area contributed by atoms with Gasteiger partial charge in [0.15, 0.2) is 0 Å². The van der Waals surface area contributed by atoms with Crippen molar-refractivity contribution in [2.24, 2.45) is 0 Å². The fourth-order valence-electron chi connectivity index (χ4n) is 2.60. The molecule has 0 spiro atoms. The van der Waals surface area contributed by atoms with Gasteiger partial charge in [-0.1, -0.05) is 24.6 Å². The van der Waals surface area contributed by atoms with Crippen LogP contribution in [0.3, 0.4) is 0 Å². The summed E-state index contributed by atoms with van der Waals surface area (Å²) in [5, 5.41) is 3.96. The molecule has 1 N–H and O–H groups in total. The molecule has 0 amide bonds. The van der Waals surface area contributed by atoms with Crippen molar-refractivity contribution >= 4 is 11.6 Å². The average Bonchev–Trinajstić information content (AvgIpc) is 2.42. The van der Waals surface area contributed by atoms with Crippen molar-refractivity contribution in [3.05, 3.63) is 34.6 Å². The van der Waals surface area contributed by atoms with E-state index in [9.17, 15) is 4.39 Å². The van der Waals surface area contributed by atoms with Gasteiger partial charge in [-0.15, -0.1) is 0 Å². The van der Waals surface area contributed by atoms with Crippen LogP contribution in [-0.2, 0) is 11.2 Å². The summed E-state index contributed by atoms with van der Waals surface area (Å²) in [6.07, 6.45) is 4.44. The van der Waals surface area contributed by atoms with E-state index < -0.39 is 0 Å². The lowest BCUT2D eigenvalue weighted by atomic mass is 9.96. The minimum Gasteiger partial charge on any atom is -0.377 e. The number of rotatable bonds is 5. The minimum absolute atomic E-state index is 0.231. The van der Waals surface area contributed by atoms with Gasteiger partial charge in [-0.05, 0) is 49.9 Å². The first kappa shape index (κ1) is 14.8. The maximum Gasteiger partial charge on any atom is 0.124 e. The highest BCUT2D eigenvalue weighted by atomic mass is 35.5. The molecule has 1 aromatic rings. The molecule has 1 heterocycles. The average molecular weight is 286 g/mol. The molecule has 2 unspecified atom stereocenters. The van der Waals surface area contributed by atoms with Crippen LogP contribution in [0.1, 0.15) is 31.7 Å². The van der Waals surface area contributed by atoms with E-state index in [0.29, 0.717) is 5.02 Å². The molecule has 1 aromatic carbocycles. The van der Waals surface area contributed by atoms with Crippen LogP contribution in [0.4, 0.5) is 4.39 Å². The van der Waals surface area contributed by atoms with Crippen LogP contribution in [-0.4, -0.2) is 25.3 Å². The van der Waals surface area contributed by atoms with Gasteiger partial charge in [-0.25, -0.2) is 4.39 Å². The largest absolute Gasteiger partial charge is 0.377 e. The molecule has 1 aliphatic heterocycles. The van der Waals surface area contributed by atoms with Crippen molar-refractivity contribution in [1.29, 1.82) is 0 Å². The second kappa shape index (κ2) is 7.22. The fraction of sp³-hybridized carbons (Fsp3) is 0.600. The Bertz CT molecular complexity index is 407. The summed E-state index contributed by atoms with van der Waals surface area (Å²) in [5.41, 5.74) is 0.975. The van der Waals surface area contributed by atoms with Gasteiger partial charge in [0, 0.05) is 17.7 Å². The zero-order valence-electron chi connectivity index (χ0n) is 11.3. The highest BCUT2D eigenvalue weighted by Crippen LogP contribution is 2.23. The summed E-state index contributed by atoms with van der Waals surface area (Å²) < 4.78 is 18.9. The molecule has 1 fully saturated rings. The van der Waals surface area contributed by atoms with E-state index in [0.717, 1.165) is 38.0 Å². The summed E-state index contributed by atoms with van der Waals surface area (Å²) in [7, 11) is 0. The Morgan fingerprint density at radius 3 is 2.95 bits per heavy atom. The van der Waals surface area contributed by atoms with Gasteiger partial charge in [0.2, 0.25) is 0 Å². The van der Waals surface area contributed by atoms with E-state index in [1.54, 1.807) is 6.07 Å². The molecule has 19 heavy (non-hydrogen) atoms. The number of benzene rings is 1. The van der Waals surface area contributed by atoms with Crippen molar-refractivity contribution in [1.82, 2.24) is 5.32 Å². The van der Waals surface area contributed by atoms with Crippen LogP contribution in [0.25, 0.3) is 0 Å². The van der Waals surface area contributed by atoms with E-state index in [2.05, 4.69) is 12.2 Å². The molecule has 0 aromatic heterocycles. The van der Waals surface area contributed by atoms with Crippen LogP contribution in [0.5, 0.6) is 0 Å². The second-order valence-electron chi connectivity index (χ2n) is 5.01. The van der Waals surface area contributed by atoms with Crippen LogP contribution in [0, 0.1) is 5.82 Å². The van der Waals surface area contributed by atoms with Gasteiger partial charge < -0.3 is 10.1 Å². The lowest BCUT2D eigenvalue weighted by Gasteiger charge is -2.31. The number of hydrogen-bond donors (Lipinski definition) is 1. The van der Waals surface area contributed by atoms with Gasteiger partial charge in [0.25, 0.3) is 0 Å². The van der Waals surface area contributed by atoms with Crippen molar-refractivity contribution in [2.75, 3.05) is 13.2 Å². The lowest BCUT2D eigenvalue weighted by Crippen LogP contribution is -2.44. The smallest absolute Gasteiger partial charge is 0.124 e. The summed E-state index contributed by atoms with van der Waals surface area (Å²) in [6.45, 7) is 3.81. The minimum atomic E-state index is -0.289. The molecule has 2 rings (SSSR count). The molecule has 0 aliphatic carbocycles. The molecule has 1 aliphatic rings. The molecular weight excluding hydrogens is 265 g/mol. The van der Waals surface area contributed by atoms with Crippen molar-refractivity contribution in [3.63, 3.8) is 0 Å². The Hall–Kier alpha value is -0.640. The Morgan fingerprint density at radius 2 is 2.32 bits per heavy atom. The van der Waals surface area contributed by atoms with Gasteiger partial charge in [-0.3, -0.25) is 0 Å². The third-order valence-electron chi connectivity index (χ3n) is 3.58. The first-order valence-corrected chi connectivity index (χ1v) is 7.37. The highest BCUT2D eigenvalue weighted by molar-refractivity contribution is 6.31. The first-order chi connectivity index (χ1) is 9.20. The van der Waals surface area contributed by atoms with Crippen LogP contribution in [0.15, 0.2) is 18.2 Å². The number of nitrogens with one attached hydrogen (secondary N) is 1. The SMILES string of the molecule is CCNC(Cc1ccc(F)cc1Cl)C1CCCCO1. The lowest BCUT2D eigenvalue weighted by molar-refractivity contribution is -0.00708. The predicted molar refractivity (Wildman–Crippen MR) is 76.2 cm³/mol. The molecule has 2 atom stereocenters. The van der Waals surface area contributed by atoms with E-state index in [1.165, 1.54) is 18.6 Å². The van der Waals surface area contributed by atoms with E-state index in [-0.39, 0.29) is 18.0 Å². The Labute approximate surface area is 119 Å². The molecule has 2 nitrogen and oxygen atoms in total. The first-order valence-electron chi connectivity index (χ1n) is 6.99. The standard InChI is InChI=1S/C15H21ClFNO/c1-2-18-14(15-5-3-4-8-19-15)9-11-6-7-12(17)10-13(11)16/h6-7,10,14-15,18H,2-5,8-9H2,1H3. The van der Waals surface area contributed by atoms with Crippen LogP contribution < -0.4 is 5.32 Å². The highest BCUT2D eigenvalue weighted by Gasteiger charge is 2.24. The number of halogens is 2. The third-order valence-corrected chi connectivity index (χ3v) is 3.94. The third kappa shape index (κ3) is 4.16. The van der Waals surface area contributed by atoms with Gasteiger partial charge >= 0.3 is 0 Å². The van der Waals surface area contributed by atoms with Crippen molar-refractivity contribution in [3.8, 4) is 0 Å². The molecule has 0 radical (unpaired) electrons. The Kier molecular flexibility index (Phi) is 5.61. The molecule has 1 saturated heterocycles. The van der Waals surface area contributed by atoms with Crippen LogP contribution >= 0.6 is 11.6 Å². The van der Waals surface area contributed by atoms with Gasteiger partial charge in [0.1, 0.15) is 5.82 Å². The zero-order chi connectivity index (χ0) is 13.7. The number of likely N-dealkylation sites (N-methyl/N-ethyl adjacent to an activating group) is 1. The topological polar surface area (TPSA) is 21.3 Å². The number of ether oxygens (including phenoxy) is 1. The normalized spacial score (nSPS) is 21.3. The number of hydrogen-bond acceptors (Lipinski definition) is 2. The zero-order valence-corrected chi connectivity index (χ0v) is 12.0. The molecule has 106 valence electrons. The molecule has 0 saturated carbocycles. The van der Waals surface area contributed by atoms with Crippen molar-refractivity contribution < 1.29 is 9.13 Å². The summed E-state index contributed by atoms with van der Waals surface area (Å²) in [5.74, 6) is -0.289. The fourth-order valence-corrected chi connectivity index (χ4v) is 2.85. The maximum absolute atomic E-state index is 13.1. The van der Waals surface area contributed by atoms with E-state index >= 15 is 0 Å². The summed E-state index contributed by atoms with van der Waals surface area (Å²) in [4.78, 5) is 0. The quantitative estimate of drug-likeness (QED) is 0.893. The monoisotopic (exact) mass is 285 g/mol. The Morgan fingerprint density at radius 1 is 1.47 bits per heavy atom. The Balaban J connectivity index is 2.06. The predicted octanol–water partition coefficient (Wildman–Crippen LogP) is 3.57. The van der Waals surface area contributed by atoms with Crippen molar-refractivity contribution in [2.45, 2.75) is 44.8 Å². The summed E-state index contributed by atoms with van der Waals surface area (Å²) in [6, 6.07) is 4.85. The van der Waals surface area contributed by atoms with Crippen LogP contribution in [0.2, 0.25) is 5.02 Å². The van der Waals surface area contributed by atoms with E-state index in [4.69, 9.17) is 16.3 Å². The van der Waals surface area contributed by atoms with E-state index in [1.807, 2.05) is 0 Å². The maximum atomic E-state index is 13.1.